The molecular weight excluding hydrogens is 264 g/mol. The second-order valence-corrected chi connectivity index (χ2v) is 4.05. The standard InChI is InChI=1S/C12H10F4N2O/c1-18-5-4-10(17-18)11(19)8-6-7(13)2-3-9(8)12(14,15)16/h2-6,11,19H,1H3. The largest absolute Gasteiger partial charge is 0.416 e. The van der Waals surface area contributed by atoms with Gasteiger partial charge < -0.3 is 5.11 Å². The molecule has 102 valence electrons. The topological polar surface area (TPSA) is 38.0 Å². The quantitative estimate of drug-likeness (QED) is 0.855. The van der Waals surface area contributed by atoms with Gasteiger partial charge in [0, 0.05) is 18.8 Å². The summed E-state index contributed by atoms with van der Waals surface area (Å²) in [5.41, 5.74) is -1.60. The van der Waals surface area contributed by atoms with Crippen molar-refractivity contribution in [2.75, 3.05) is 0 Å². The van der Waals surface area contributed by atoms with Crippen LogP contribution in [0, 0.1) is 5.82 Å². The summed E-state index contributed by atoms with van der Waals surface area (Å²) in [6.45, 7) is 0. The van der Waals surface area contributed by atoms with E-state index in [9.17, 15) is 22.7 Å². The average molecular weight is 274 g/mol. The second kappa shape index (κ2) is 4.65. The Balaban J connectivity index is 2.51. The predicted octanol–water partition coefficient (Wildman–Crippen LogP) is 2.66. The minimum Gasteiger partial charge on any atom is -0.382 e. The van der Waals surface area contributed by atoms with Crippen LogP contribution < -0.4 is 0 Å². The van der Waals surface area contributed by atoms with Gasteiger partial charge in [0.15, 0.2) is 0 Å². The van der Waals surface area contributed by atoms with Gasteiger partial charge >= 0.3 is 6.18 Å². The molecule has 0 aliphatic rings. The molecular formula is C12H10F4N2O. The first kappa shape index (κ1) is 13.5. The van der Waals surface area contributed by atoms with E-state index in [0.717, 1.165) is 0 Å². The van der Waals surface area contributed by atoms with E-state index in [2.05, 4.69) is 5.10 Å². The molecule has 3 nitrogen and oxygen atoms in total. The predicted molar refractivity (Wildman–Crippen MR) is 58.7 cm³/mol. The Morgan fingerprint density at radius 1 is 1.26 bits per heavy atom. The van der Waals surface area contributed by atoms with Crippen LogP contribution in [0.2, 0.25) is 0 Å². The lowest BCUT2D eigenvalue weighted by Gasteiger charge is -2.16. The average Bonchev–Trinajstić information content (AvgIpc) is 2.73. The van der Waals surface area contributed by atoms with Crippen molar-refractivity contribution in [3.8, 4) is 0 Å². The van der Waals surface area contributed by atoms with Crippen LogP contribution in [-0.4, -0.2) is 14.9 Å². The van der Waals surface area contributed by atoms with Crippen molar-refractivity contribution in [3.05, 3.63) is 53.1 Å². The third kappa shape index (κ3) is 2.76. The maximum atomic E-state index is 13.1. The van der Waals surface area contributed by atoms with Gasteiger partial charge in [-0.05, 0) is 24.3 Å². The lowest BCUT2D eigenvalue weighted by molar-refractivity contribution is -0.139. The molecule has 0 saturated heterocycles. The number of halogens is 4. The molecule has 1 unspecified atom stereocenters. The van der Waals surface area contributed by atoms with Crippen molar-refractivity contribution in [2.45, 2.75) is 12.3 Å². The van der Waals surface area contributed by atoms with E-state index in [-0.39, 0.29) is 5.69 Å². The zero-order chi connectivity index (χ0) is 14.2. The van der Waals surface area contributed by atoms with Crippen LogP contribution in [-0.2, 0) is 13.2 Å². The molecule has 19 heavy (non-hydrogen) atoms. The number of alkyl halides is 3. The zero-order valence-corrected chi connectivity index (χ0v) is 9.82. The molecule has 0 bridgehead atoms. The van der Waals surface area contributed by atoms with Crippen molar-refractivity contribution >= 4 is 0 Å². The summed E-state index contributed by atoms with van der Waals surface area (Å²) in [6, 6.07) is 3.35. The van der Waals surface area contributed by atoms with Crippen molar-refractivity contribution < 1.29 is 22.7 Å². The van der Waals surface area contributed by atoms with E-state index in [1.165, 1.54) is 16.9 Å². The first-order valence-corrected chi connectivity index (χ1v) is 5.33. The Kier molecular flexibility index (Phi) is 3.32. The first-order chi connectivity index (χ1) is 8.79. The fourth-order valence-corrected chi connectivity index (χ4v) is 1.76. The molecule has 1 aromatic heterocycles. The highest BCUT2D eigenvalue weighted by Gasteiger charge is 2.35. The summed E-state index contributed by atoms with van der Waals surface area (Å²) in [6.07, 6.45) is -4.82. The highest BCUT2D eigenvalue weighted by Crippen LogP contribution is 2.36. The molecule has 0 fully saturated rings. The SMILES string of the molecule is Cn1ccc(C(O)c2cc(F)ccc2C(F)(F)F)n1. The third-order valence-electron chi connectivity index (χ3n) is 2.63. The van der Waals surface area contributed by atoms with Crippen molar-refractivity contribution in [3.63, 3.8) is 0 Å². The van der Waals surface area contributed by atoms with Gasteiger partial charge in [0.05, 0.1) is 11.3 Å². The number of hydrogen-bond acceptors (Lipinski definition) is 2. The summed E-state index contributed by atoms with van der Waals surface area (Å²) in [7, 11) is 1.56. The lowest BCUT2D eigenvalue weighted by atomic mass is 9.99. The van der Waals surface area contributed by atoms with Gasteiger partial charge in [-0.2, -0.15) is 18.3 Å². The Hall–Kier alpha value is -1.89. The number of rotatable bonds is 2. The zero-order valence-electron chi connectivity index (χ0n) is 9.82. The van der Waals surface area contributed by atoms with Gasteiger partial charge in [-0.25, -0.2) is 4.39 Å². The number of aliphatic hydroxyl groups is 1. The van der Waals surface area contributed by atoms with Crippen molar-refractivity contribution in [1.29, 1.82) is 0 Å². The molecule has 0 aliphatic carbocycles. The number of nitrogens with zero attached hydrogens (tertiary/aromatic N) is 2. The lowest BCUT2D eigenvalue weighted by Crippen LogP contribution is -2.13. The maximum Gasteiger partial charge on any atom is 0.416 e. The molecule has 0 amide bonds. The number of benzene rings is 1. The Labute approximate surface area is 106 Å². The fourth-order valence-electron chi connectivity index (χ4n) is 1.76. The fraction of sp³-hybridized carbons (Fsp3) is 0.250. The third-order valence-corrected chi connectivity index (χ3v) is 2.63. The monoisotopic (exact) mass is 274 g/mol. The van der Waals surface area contributed by atoms with E-state index >= 15 is 0 Å². The molecule has 2 rings (SSSR count). The second-order valence-electron chi connectivity index (χ2n) is 4.05. The number of aliphatic hydroxyl groups excluding tert-OH is 1. The summed E-state index contributed by atoms with van der Waals surface area (Å²) in [5.74, 6) is -0.849. The molecule has 7 heteroatoms. The molecule has 1 heterocycles. The van der Waals surface area contributed by atoms with Gasteiger partial charge in [0.1, 0.15) is 11.9 Å². The van der Waals surface area contributed by atoms with Crippen LogP contribution in [0.25, 0.3) is 0 Å². The Morgan fingerprint density at radius 2 is 1.95 bits per heavy atom. The molecule has 1 aromatic carbocycles. The molecule has 2 aromatic rings. The molecule has 0 aliphatic heterocycles. The molecule has 0 radical (unpaired) electrons. The maximum absolute atomic E-state index is 13.1. The van der Waals surface area contributed by atoms with Gasteiger partial charge in [0.2, 0.25) is 0 Å². The normalized spacial score (nSPS) is 13.6. The van der Waals surface area contributed by atoms with Crippen LogP contribution in [0.4, 0.5) is 17.6 Å². The van der Waals surface area contributed by atoms with Crippen LogP contribution in [0.3, 0.4) is 0 Å². The molecule has 1 atom stereocenters. The van der Waals surface area contributed by atoms with Crippen molar-refractivity contribution in [1.82, 2.24) is 9.78 Å². The van der Waals surface area contributed by atoms with Crippen LogP contribution >= 0.6 is 0 Å². The molecule has 0 saturated carbocycles. The van der Waals surface area contributed by atoms with Gasteiger partial charge in [-0.15, -0.1) is 0 Å². The summed E-state index contributed by atoms with van der Waals surface area (Å²) < 4.78 is 52.9. The smallest absolute Gasteiger partial charge is 0.382 e. The van der Waals surface area contributed by atoms with Gasteiger partial charge in [-0.3, -0.25) is 4.68 Å². The van der Waals surface area contributed by atoms with E-state index in [1.54, 1.807) is 7.05 Å². The summed E-state index contributed by atoms with van der Waals surface area (Å²) in [4.78, 5) is 0. The van der Waals surface area contributed by atoms with E-state index in [4.69, 9.17) is 0 Å². The summed E-state index contributed by atoms with van der Waals surface area (Å²) >= 11 is 0. The van der Waals surface area contributed by atoms with E-state index in [1.807, 2.05) is 0 Å². The Morgan fingerprint density at radius 3 is 2.47 bits per heavy atom. The van der Waals surface area contributed by atoms with Crippen LogP contribution in [0.5, 0.6) is 0 Å². The Bertz CT molecular complexity index is 592. The first-order valence-electron chi connectivity index (χ1n) is 5.33. The minimum atomic E-state index is -4.67. The minimum absolute atomic E-state index is 0.0265. The molecule has 1 N–H and O–H groups in total. The van der Waals surface area contributed by atoms with Crippen LogP contribution in [0.15, 0.2) is 30.5 Å². The highest BCUT2D eigenvalue weighted by atomic mass is 19.4. The van der Waals surface area contributed by atoms with Gasteiger partial charge in [-0.1, -0.05) is 0 Å². The summed E-state index contributed by atoms with van der Waals surface area (Å²) in [5, 5.41) is 13.7. The van der Waals surface area contributed by atoms with E-state index < -0.39 is 29.2 Å². The number of aryl methyl sites for hydroxylation is 1. The van der Waals surface area contributed by atoms with E-state index in [0.29, 0.717) is 18.2 Å². The number of hydrogen-bond donors (Lipinski definition) is 1. The molecule has 0 spiro atoms. The van der Waals surface area contributed by atoms with Crippen LogP contribution in [0.1, 0.15) is 22.9 Å². The number of aromatic nitrogens is 2. The highest BCUT2D eigenvalue weighted by molar-refractivity contribution is 5.35. The van der Waals surface area contributed by atoms with Gasteiger partial charge in [0.25, 0.3) is 0 Å². The van der Waals surface area contributed by atoms with Crippen molar-refractivity contribution in [2.24, 2.45) is 7.05 Å².